The monoisotopic (exact) mass is 438 g/mol. The van der Waals surface area contributed by atoms with Gasteiger partial charge in [0.15, 0.2) is 0 Å². The summed E-state index contributed by atoms with van der Waals surface area (Å²) in [6.07, 6.45) is 6.76. The van der Waals surface area contributed by atoms with Gasteiger partial charge in [-0.15, -0.1) is 11.3 Å². The third-order valence-electron chi connectivity index (χ3n) is 5.86. The van der Waals surface area contributed by atoms with Gasteiger partial charge in [-0.25, -0.2) is 0 Å². The average Bonchev–Trinajstić information content (AvgIpc) is 3.26. The minimum Gasteiger partial charge on any atom is -0.263 e. The number of nitrogens with zero attached hydrogens (tertiary/aromatic N) is 4. The van der Waals surface area contributed by atoms with E-state index in [2.05, 4.69) is 64.6 Å². The Bertz CT molecular complexity index is 1800. The number of hydrogen-bond donors (Lipinski definition) is 0. The van der Waals surface area contributed by atoms with Crippen molar-refractivity contribution < 1.29 is 0 Å². The number of fused-ring (bicyclic) bond motifs is 5. The van der Waals surface area contributed by atoms with E-state index < -0.39 is 0 Å². The zero-order chi connectivity index (χ0) is 22.4. The van der Waals surface area contributed by atoms with Crippen LogP contribution in [0.15, 0.2) is 85.5 Å². The maximum absolute atomic E-state index is 9.33. The van der Waals surface area contributed by atoms with Crippen molar-refractivity contribution in [1.29, 1.82) is 10.5 Å². The van der Waals surface area contributed by atoms with Crippen LogP contribution in [0.3, 0.4) is 0 Å². The molecule has 0 atom stereocenters. The van der Waals surface area contributed by atoms with Gasteiger partial charge in [0.1, 0.15) is 12.1 Å². The predicted octanol–water partition coefficient (Wildman–Crippen LogP) is 7.08. The van der Waals surface area contributed by atoms with Gasteiger partial charge in [0, 0.05) is 56.1 Å². The molecule has 6 aromatic rings. The summed E-state index contributed by atoms with van der Waals surface area (Å²) in [5.74, 6) is 0. The van der Waals surface area contributed by atoms with Crippen molar-refractivity contribution in [3.8, 4) is 34.4 Å². The van der Waals surface area contributed by atoms with Crippen molar-refractivity contribution in [1.82, 2.24) is 9.97 Å². The fourth-order valence-electron chi connectivity index (χ4n) is 4.37. The minimum absolute atomic E-state index is 0.547. The van der Waals surface area contributed by atoms with Gasteiger partial charge in [0.05, 0.1) is 11.1 Å². The van der Waals surface area contributed by atoms with Crippen molar-refractivity contribution in [3.63, 3.8) is 0 Å². The highest BCUT2D eigenvalue weighted by Crippen LogP contribution is 2.43. The van der Waals surface area contributed by atoms with E-state index in [1.807, 2.05) is 24.4 Å². The molecule has 3 aromatic carbocycles. The van der Waals surface area contributed by atoms with Gasteiger partial charge < -0.3 is 0 Å². The largest absolute Gasteiger partial charge is 0.263 e. The van der Waals surface area contributed by atoms with Crippen LogP contribution in [0.4, 0.5) is 0 Å². The molecule has 3 aromatic heterocycles. The summed E-state index contributed by atoms with van der Waals surface area (Å²) in [5, 5.41) is 23.3. The molecule has 0 amide bonds. The average molecular weight is 439 g/mol. The lowest BCUT2D eigenvalue weighted by Crippen LogP contribution is -1.86. The molecule has 0 saturated carbocycles. The Labute approximate surface area is 193 Å². The summed E-state index contributed by atoms with van der Waals surface area (Å²) < 4.78 is 2.36. The van der Waals surface area contributed by atoms with Crippen LogP contribution in [-0.2, 0) is 0 Å². The van der Waals surface area contributed by atoms with Crippen LogP contribution in [0, 0.1) is 22.7 Å². The van der Waals surface area contributed by atoms with Crippen molar-refractivity contribution in [2.75, 3.05) is 0 Å². The number of nitriles is 2. The van der Waals surface area contributed by atoms with E-state index in [4.69, 9.17) is 0 Å². The van der Waals surface area contributed by atoms with E-state index in [-0.39, 0.29) is 0 Å². The Hall–Kier alpha value is -4.58. The molecule has 4 nitrogen and oxygen atoms in total. The normalized spacial score (nSPS) is 11.0. The summed E-state index contributed by atoms with van der Waals surface area (Å²) in [6.45, 7) is 0. The molecule has 6 rings (SSSR count). The maximum Gasteiger partial charge on any atom is 0.101 e. The summed E-state index contributed by atoms with van der Waals surface area (Å²) in [5.41, 5.74) is 5.07. The second-order valence-electron chi connectivity index (χ2n) is 7.80. The Morgan fingerprint density at radius 2 is 1.30 bits per heavy atom. The SMILES string of the molecule is N#Cc1cncc(-c2ccc3c(c2)sc2cc(-c4cncc(C#N)c4)c4ccccc4c23)c1. The van der Waals surface area contributed by atoms with E-state index in [1.165, 1.54) is 25.6 Å². The van der Waals surface area contributed by atoms with Gasteiger partial charge >= 0.3 is 0 Å². The number of hydrogen-bond acceptors (Lipinski definition) is 5. The molecule has 0 aliphatic carbocycles. The third kappa shape index (κ3) is 3.11. The number of benzene rings is 3. The Morgan fingerprint density at radius 3 is 2.06 bits per heavy atom. The van der Waals surface area contributed by atoms with Gasteiger partial charge in [0.2, 0.25) is 0 Å². The second kappa shape index (κ2) is 7.53. The van der Waals surface area contributed by atoms with Crippen molar-refractivity contribution in [2.45, 2.75) is 0 Å². The fourth-order valence-corrected chi connectivity index (χ4v) is 5.57. The van der Waals surface area contributed by atoms with Gasteiger partial charge in [0.25, 0.3) is 0 Å². The summed E-state index contributed by atoms with van der Waals surface area (Å²) >= 11 is 1.74. The van der Waals surface area contributed by atoms with E-state index in [9.17, 15) is 10.5 Å². The van der Waals surface area contributed by atoms with E-state index in [0.29, 0.717) is 11.1 Å². The van der Waals surface area contributed by atoms with Gasteiger partial charge in [-0.05, 0) is 46.2 Å². The van der Waals surface area contributed by atoms with Crippen molar-refractivity contribution in [2.24, 2.45) is 0 Å². The van der Waals surface area contributed by atoms with E-state index in [1.54, 1.807) is 29.9 Å². The second-order valence-corrected chi connectivity index (χ2v) is 8.89. The molecule has 0 aliphatic heterocycles. The molecule has 0 radical (unpaired) electrons. The first kappa shape index (κ1) is 19.1. The molecule has 0 N–H and O–H groups in total. The molecular weight excluding hydrogens is 424 g/mol. The lowest BCUT2D eigenvalue weighted by Gasteiger charge is -2.09. The maximum atomic E-state index is 9.33. The van der Waals surface area contributed by atoms with Crippen LogP contribution in [0.25, 0.3) is 53.2 Å². The van der Waals surface area contributed by atoms with Crippen LogP contribution in [0.2, 0.25) is 0 Å². The third-order valence-corrected chi connectivity index (χ3v) is 6.96. The molecule has 33 heavy (non-hydrogen) atoms. The molecular formula is C28H14N4S. The highest BCUT2D eigenvalue weighted by atomic mass is 32.1. The quantitative estimate of drug-likeness (QED) is 0.290. The first-order valence-electron chi connectivity index (χ1n) is 10.3. The minimum atomic E-state index is 0.547. The van der Waals surface area contributed by atoms with Crippen LogP contribution in [-0.4, -0.2) is 9.97 Å². The van der Waals surface area contributed by atoms with Gasteiger partial charge in [-0.3, -0.25) is 9.97 Å². The van der Waals surface area contributed by atoms with E-state index in [0.717, 1.165) is 27.6 Å². The standard InChI is InChI=1S/C28H14N4S/c29-11-17-7-20(15-31-13-17)19-5-6-24-26(9-19)33-27-10-25(21-8-18(12-30)14-32-16-21)22-3-1-2-4-23(22)28(24)27/h1-10,13-16H. The van der Waals surface area contributed by atoms with Crippen molar-refractivity contribution in [3.05, 3.63) is 96.6 Å². The summed E-state index contributed by atoms with van der Waals surface area (Å²) in [6, 6.07) is 25.1. The Kier molecular flexibility index (Phi) is 4.36. The molecule has 0 saturated heterocycles. The number of pyridine rings is 2. The van der Waals surface area contributed by atoms with Crippen LogP contribution in [0.5, 0.6) is 0 Å². The first-order chi connectivity index (χ1) is 16.2. The number of thiophene rings is 1. The molecule has 0 aliphatic rings. The fraction of sp³-hybridized carbons (Fsp3) is 0. The topological polar surface area (TPSA) is 73.4 Å². The van der Waals surface area contributed by atoms with Gasteiger partial charge in [-0.2, -0.15) is 10.5 Å². The molecule has 0 bridgehead atoms. The summed E-state index contributed by atoms with van der Waals surface area (Å²) in [4.78, 5) is 8.48. The summed E-state index contributed by atoms with van der Waals surface area (Å²) in [7, 11) is 0. The Morgan fingerprint density at radius 1 is 0.606 bits per heavy atom. The molecule has 152 valence electrons. The predicted molar refractivity (Wildman–Crippen MR) is 133 cm³/mol. The van der Waals surface area contributed by atoms with Crippen LogP contribution in [0.1, 0.15) is 11.1 Å². The first-order valence-corrected chi connectivity index (χ1v) is 11.2. The highest BCUT2D eigenvalue weighted by molar-refractivity contribution is 7.26. The number of aromatic nitrogens is 2. The lowest BCUT2D eigenvalue weighted by molar-refractivity contribution is 1.30. The Balaban J connectivity index is 1.63. The smallest absolute Gasteiger partial charge is 0.101 e. The number of rotatable bonds is 2. The molecule has 3 heterocycles. The van der Waals surface area contributed by atoms with Crippen LogP contribution < -0.4 is 0 Å². The van der Waals surface area contributed by atoms with Crippen molar-refractivity contribution >= 4 is 42.3 Å². The lowest BCUT2D eigenvalue weighted by atomic mass is 9.95. The van der Waals surface area contributed by atoms with E-state index >= 15 is 0 Å². The van der Waals surface area contributed by atoms with Crippen LogP contribution >= 0.6 is 11.3 Å². The molecule has 0 spiro atoms. The molecule has 5 heteroatoms. The molecule has 0 unspecified atom stereocenters. The zero-order valence-electron chi connectivity index (χ0n) is 17.3. The highest BCUT2D eigenvalue weighted by Gasteiger charge is 2.14. The molecule has 0 fully saturated rings. The van der Waals surface area contributed by atoms with Gasteiger partial charge in [-0.1, -0.05) is 36.4 Å². The zero-order valence-corrected chi connectivity index (χ0v) is 18.1.